The Kier molecular flexibility index (Phi) is 13.4. The maximum atomic E-state index is 12.7. The molecule has 0 aliphatic heterocycles. The molecule has 0 radical (unpaired) electrons. The van der Waals surface area contributed by atoms with E-state index >= 15 is 0 Å². The van der Waals surface area contributed by atoms with Gasteiger partial charge in [-0.15, -0.1) is 0 Å². The lowest BCUT2D eigenvalue weighted by molar-refractivity contribution is -0.144. The van der Waals surface area contributed by atoms with Crippen molar-refractivity contribution in [3.05, 3.63) is 0 Å². The quantitative estimate of drug-likeness (QED) is 0.112. The van der Waals surface area contributed by atoms with Crippen LogP contribution in [0.15, 0.2) is 0 Å². The van der Waals surface area contributed by atoms with Crippen LogP contribution < -0.4 is 27.4 Å². The van der Waals surface area contributed by atoms with Crippen LogP contribution in [0.2, 0.25) is 0 Å². The third kappa shape index (κ3) is 11.0. The minimum Gasteiger partial charge on any atom is -0.481 e. The highest BCUT2D eigenvalue weighted by Crippen LogP contribution is 2.10. The van der Waals surface area contributed by atoms with Gasteiger partial charge in [-0.2, -0.15) is 0 Å². The van der Waals surface area contributed by atoms with Gasteiger partial charge in [0.25, 0.3) is 0 Å². The zero-order chi connectivity index (χ0) is 26.6. The number of aliphatic carboxylic acids is 2. The molecule has 10 N–H and O–H groups in total. The van der Waals surface area contributed by atoms with E-state index in [1.165, 1.54) is 6.92 Å². The van der Waals surface area contributed by atoms with Crippen LogP contribution in [-0.4, -0.2) is 81.2 Å². The first kappa shape index (κ1) is 30.7. The van der Waals surface area contributed by atoms with Crippen LogP contribution in [0.5, 0.6) is 0 Å². The average Bonchev–Trinajstić information content (AvgIpc) is 2.74. The molecule has 34 heavy (non-hydrogen) atoms. The smallest absolute Gasteiger partial charge is 0.326 e. The molecule has 0 aromatic heterocycles. The van der Waals surface area contributed by atoms with E-state index in [2.05, 4.69) is 16.0 Å². The number of carboxylic acid groups (broad SMARTS) is 2. The maximum absolute atomic E-state index is 12.7. The number of hydrogen-bond acceptors (Lipinski definition) is 8. The number of primary amides is 1. The summed E-state index contributed by atoms with van der Waals surface area (Å²) in [6.45, 7) is 4.54. The molecule has 4 amide bonds. The third-order valence-electron chi connectivity index (χ3n) is 5.16. The zero-order valence-corrected chi connectivity index (χ0v) is 19.4. The molecule has 0 aromatic carbocycles. The number of carboxylic acids is 2. The molecular formula is C20H35N5O9. The number of aliphatic hydroxyl groups is 1. The zero-order valence-electron chi connectivity index (χ0n) is 19.4. The number of amides is 4. The van der Waals surface area contributed by atoms with Crippen molar-refractivity contribution in [2.24, 2.45) is 17.4 Å². The Morgan fingerprint density at radius 3 is 1.82 bits per heavy atom. The van der Waals surface area contributed by atoms with Gasteiger partial charge in [-0.05, 0) is 25.7 Å². The Balaban J connectivity index is 5.52. The minimum atomic E-state index is -1.57. The monoisotopic (exact) mass is 489 g/mol. The second-order valence-corrected chi connectivity index (χ2v) is 8.04. The molecule has 0 aliphatic rings. The summed E-state index contributed by atoms with van der Waals surface area (Å²) in [5, 5.41) is 34.8. The van der Waals surface area contributed by atoms with Gasteiger partial charge in [0, 0.05) is 12.8 Å². The molecule has 0 bridgehead atoms. The van der Waals surface area contributed by atoms with Crippen LogP contribution in [0.1, 0.15) is 52.9 Å². The summed E-state index contributed by atoms with van der Waals surface area (Å²) < 4.78 is 0. The first-order valence-corrected chi connectivity index (χ1v) is 10.8. The summed E-state index contributed by atoms with van der Waals surface area (Å²) in [5.74, 6) is -6.46. The average molecular weight is 490 g/mol. The van der Waals surface area contributed by atoms with Crippen LogP contribution in [0, 0.1) is 5.92 Å². The third-order valence-corrected chi connectivity index (χ3v) is 5.16. The van der Waals surface area contributed by atoms with Crippen molar-refractivity contribution in [1.82, 2.24) is 16.0 Å². The fourth-order valence-electron chi connectivity index (χ4n) is 2.83. The largest absolute Gasteiger partial charge is 0.481 e. The van der Waals surface area contributed by atoms with Crippen molar-refractivity contribution >= 4 is 35.6 Å². The first-order chi connectivity index (χ1) is 15.7. The molecule has 0 aromatic rings. The summed E-state index contributed by atoms with van der Waals surface area (Å²) in [4.78, 5) is 71.0. The van der Waals surface area contributed by atoms with Crippen molar-refractivity contribution in [1.29, 1.82) is 0 Å². The molecule has 0 saturated heterocycles. The van der Waals surface area contributed by atoms with Gasteiger partial charge in [0.2, 0.25) is 23.6 Å². The predicted molar refractivity (Wildman–Crippen MR) is 118 cm³/mol. The van der Waals surface area contributed by atoms with Gasteiger partial charge < -0.3 is 42.7 Å². The summed E-state index contributed by atoms with van der Waals surface area (Å²) in [7, 11) is 0. The second-order valence-electron chi connectivity index (χ2n) is 8.04. The SMILES string of the molecule is CCC(C)C(NC(=O)C(CCC(N)=O)NC(=O)C(NC(=O)C(N)CCC(=O)O)C(C)O)C(=O)O. The van der Waals surface area contributed by atoms with Gasteiger partial charge in [-0.3, -0.25) is 24.0 Å². The highest BCUT2D eigenvalue weighted by molar-refractivity contribution is 5.94. The molecule has 0 spiro atoms. The summed E-state index contributed by atoms with van der Waals surface area (Å²) in [5.41, 5.74) is 10.7. The van der Waals surface area contributed by atoms with E-state index in [1.807, 2.05) is 0 Å². The number of nitrogens with one attached hydrogen (secondary N) is 3. The number of hydrogen-bond donors (Lipinski definition) is 8. The van der Waals surface area contributed by atoms with Gasteiger partial charge in [0.15, 0.2) is 0 Å². The lowest BCUT2D eigenvalue weighted by atomic mass is 9.98. The van der Waals surface area contributed by atoms with E-state index < -0.39 is 78.2 Å². The normalized spacial score (nSPS) is 16.1. The summed E-state index contributed by atoms with van der Waals surface area (Å²) in [6.07, 6.45) is -2.19. The Morgan fingerprint density at radius 2 is 1.38 bits per heavy atom. The van der Waals surface area contributed by atoms with Gasteiger partial charge >= 0.3 is 11.9 Å². The van der Waals surface area contributed by atoms with E-state index in [9.17, 15) is 39.0 Å². The van der Waals surface area contributed by atoms with Crippen molar-refractivity contribution < 1.29 is 44.1 Å². The highest BCUT2D eigenvalue weighted by atomic mass is 16.4. The van der Waals surface area contributed by atoms with E-state index in [0.717, 1.165) is 0 Å². The molecule has 0 rings (SSSR count). The summed E-state index contributed by atoms with van der Waals surface area (Å²) >= 11 is 0. The number of nitrogens with two attached hydrogens (primary N) is 2. The van der Waals surface area contributed by atoms with Crippen LogP contribution in [-0.2, 0) is 28.8 Å². The Bertz CT molecular complexity index is 759. The van der Waals surface area contributed by atoms with Crippen LogP contribution in [0.3, 0.4) is 0 Å². The number of carbonyl (C=O) groups is 6. The van der Waals surface area contributed by atoms with Crippen LogP contribution in [0.25, 0.3) is 0 Å². The van der Waals surface area contributed by atoms with E-state index in [4.69, 9.17) is 16.6 Å². The molecule has 0 saturated carbocycles. The Morgan fingerprint density at radius 1 is 0.824 bits per heavy atom. The van der Waals surface area contributed by atoms with Crippen molar-refractivity contribution in [2.75, 3.05) is 0 Å². The fraction of sp³-hybridized carbons (Fsp3) is 0.700. The van der Waals surface area contributed by atoms with Gasteiger partial charge in [0.1, 0.15) is 18.1 Å². The molecule has 14 nitrogen and oxygen atoms in total. The predicted octanol–water partition coefficient (Wildman–Crippen LogP) is -2.59. The fourth-order valence-corrected chi connectivity index (χ4v) is 2.83. The topological polar surface area (TPSA) is 251 Å². The van der Waals surface area contributed by atoms with E-state index in [1.54, 1.807) is 13.8 Å². The Hall–Kier alpha value is -3.26. The minimum absolute atomic E-state index is 0.217. The first-order valence-electron chi connectivity index (χ1n) is 10.8. The molecule has 14 heteroatoms. The number of carbonyl (C=O) groups excluding carboxylic acids is 4. The Labute approximate surface area is 196 Å². The number of aliphatic hydroxyl groups excluding tert-OH is 1. The van der Waals surface area contributed by atoms with Crippen molar-refractivity contribution in [3.8, 4) is 0 Å². The standard InChI is InChI=1S/C20H35N5O9/c1-4-9(2)15(20(33)34)24-18(31)12(6-7-13(22)27)23-19(32)16(10(3)26)25-17(30)11(21)5-8-14(28)29/h9-12,15-16,26H,4-8,21H2,1-3H3,(H2,22,27)(H,23,32)(H,24,31)(H,25,30)(H,28,29)(H,33,34). The lowest BCUT2D eigenvalue weighted by Crippen LogP contribution is -2.60. The van der Waals surface area contributed by atoms with E-state index in [-0.39, 0.29) is 19.3 Å². The molecule has 0 aliphatic carbocycles. The van der Waals surface area contributed by atoms with Gasteiger partial charge in [-0.25, -0.2) is 4.79 Å². The van der Waals surface area contributed by atoms with Crippen LogP contribution in [0.4, 0.5) is 0 Å². The maximum Gasteiger partial charge on any atom is 0.326 e. The van der Waals surface area contributed by atoms with Crippen molar-refractivity contribution in [2.45, 2.75) is 83.1 Å². The molecular weight excluding hydrogens is 454 g/mol. The molecule has 6 unspecified atom stereocenters. The van der Waals surface area contributed by atoms with Gasteiger partial charge in [0.05, 0.1) is 12.1 Å². The highest BCUT2D eigenvalue weighted by Gasteiger charge is 2.33. The van der Waals surface area contributed by atoms with E-state index in [0.29, 0.717) is 6.42 Å². The molecule has 194 valence electrons. The van der Waals surface area contributed by atoms with Crippen LogP contribution >= 0.6 is 0 Å². The van der Waals surface area contributed by atoms with Crippen molar-refractivity contribution in [3.63, 3.8) is 0 Å². The second kappa shape index (κ2) is 14.8. The lowest BCUT2D eigenvalue weighted by Gasteiger charge is -2.27. The molecule has 6 atom stereocenters. The molecule has 0 fully saturated rings. The summed E-state index contributed by atoms with van der Waals surface area (Å²) in [6, 6.07) is -5.50. The number of rotatable bonds is 16. The van der Waals surface area contributed by atoms with Gasteiger partial charge in [-0.1, -0.05) is 20.3 Å². The molecule has 0 heterocycles.